The molecule has 0 aromatic heterocycles. The highest BCUT2D eigenvalue weighted by atomic mass is 16.5. The average Bonchev–Trinajstić information content (AvgIpc) is 3.05. The molecule has 1 heterocycles. The average molecular weight is 352 g/mol. The van der Waals surface area contributed by atoms with Crippen LogP contribution < -0.4 is 21.0 Å². The van der Waals surface area contributed by atoms with Gasteiger partial charge in [-0.25, -0.2) is 16.3 Å². The van der Waals surface area contributed by atoms with Crippen LogP contribution in [0.2, 0.25) is 0 Å². The molecule has 1 aliphatic rings. The van der Waals surface area contributed by atoms with Crippen molar-refractivity contribution >= 4 is 12.1 Å². The summed E-state index contributed by atoms with van der Waals surface area (Å²) < 4.78 is 5.40. The normalized spacial score (nSPS) is 22.5. The van der Waals surface area contributed by atoms with Crippen LogP contribution >= 0.6 is 0 Å². The molecule has 1 saturated heterocycles. The van der Waals surface area contributed by atoms with Crippen LogP contribution in [-0.2, 0) is 4.79 Å². The summed E-state index contributed by atoms with van der Waals surface area (Å²) in [5.74, 6) is 0.749. The van der Waals surface area contributed by atoms with Gasteiger partial charge in [0.1, 0.15) is 11.8 Å². The topological polar surface area (TPSA) is 74.8 Å². The van der Waals surface area contributed by atoms with Crippen LogP contribution in [0.4, 0.5) is 0 Å². The van der Waals surface area contributed by atoms with Gasteiger partial charge in [0.2, 0.25) is 0 Å². The fourth-order valence-electron chi connectivity index (χ4n) is 3.04. The van der Waals surface area contributed by atoms with E-state index < -0.39 is 0 Å². The minimum Gasteiger partial charge on any atom is -0.494 e. The molecule has 6 heteroatoms. The van der Waals surface area contributed by atoms with Crippen molar-refractivity contribution in [3.05, 3.63) is 65.7 Å². The molecule has 0 aliphatic carbocycles. The van der Waals surface area contributed by atoms with E-state index in [4.69, 9.17) is 4.74 Å². The lowest BCUT2D eigenvalue weighted by Gasteiger charge is -2.17. The second-order valence-electron chi connectivity index (χ2n) is 6.25. The smallest absolute Gasteiger partial charge is 0.258 e. The van der Waals surface area contributed by atoms with Gasteiger partial charge < -0.3 is 4.74 Å². The molecule has 2 aromatic rings. The van der Waals surface area contributed by atoms with Crippen LogP contribution in [-0.4, -0.2) is 24.8 Å². The standard InChI is InChI=1S/C20H24N4O2/c1-3-26-17-11-9-15(10-12-17)13-21-24-20(25)19-14(2)18(22-23-19)16-7-5-4-6-8-16/h4-14,18-19,22-23H,3H2,1-2H3,(H,24,25)/b21-13+. The number of hydrogen-bond acceptors (Lipinski definition) is 5. The summed E-state index contributed by atoms with van der Waals surface area (Å²) in [6.07, 6.45) is 1.62. The minimum atomic E-state index is -0.349. The quantitative estimate of drug-likeness (QED) is 0.551. The Morgan fingerprint density at radius 1 is 1.15 bits per heavy atom. The molecule has 3 unspecified atom stereocenters. The zero-order valence-electron chi connectivity index (χ0n) is 15.0. The van der Waals surface area contributed by atoms with Crippen LogP contribution in [0.5, 0.6) is 5.75 Å². The van der Waals surface area contributed by atoms with E-state index in [0.29, 0.717) is 6.61 Å². The summed E-state index contributed by atoms with van der Waals surface area (Å²) in [6.45, 7) is 4.62. The summed E-state index contributed by atoms with van der Waals surface area (Å²) >= 11 is 0. The van der Waals surface area contributed by atoms with Gasteiger partial charge in [-0.3, -0.25) is 4.79 Å². The van der Waals surface area contributed by atoms with Crippen molar-refractivity contribution in [1.29, 1.82) is 0 Å². The van der Waals surface area contributed by atoms with Gasteiger partial charge in [0.25, 0.3) is 5.91 Å². The fraction of sp³-hybridized carbons (Fsp3) is 0.300. The van der Waals surface area contributed by atoms with E-state index in [2.05, 4.69) is 33.5 Å². The monoisotopic (exact) mass is 352 g/mol. The fourth-order valence-corrected chi connectivity index (χ4v) is 3.04. The van der Waals surface area contributed by atoms with Gasteiger partial charge in [-0.2, -0.15) is 5.10 Å². The third-order valence-corrected chi connectivity index (χ3v) is 4.47. The maximum Gasteiger partial charge on any atom is 0.258 e. The van der Waals surface area contributed by atoms with Gasteiger partial charge in [0.15, 0.2) is 0 Å². The summed E-state index contributed by atoms with van der Waals surface area (Å²) in [4.78, 5) is 12.4. The molecule has 26 heavy (non-hydrogen) atoms. The molecule has 6 nitrogen and oxygen atoms in total. The first-order chi connectivity index (χ1) is 12.7. The number of carbonyl (C=O) groups is 1. The number of nitrogens with zero attached hydrogens (tertiary/aromatic N) is 1. The molecule has 0 saturated carbocycles. The molecule has 3 N–H and O–H groups in total. The second-order valence-corrected chi connectivity index (χ2v) is 6.25. The molecule has 2 aromatic carbocycles. The molecule has 136 valence electrons. The number of ether oxygens (including phenoxy) is 1. The van der Waals surface area contributed by atoms with E-state index in [9.17, 15) is 4.79 Å². The lowest BCUT2D eigenvalue weighted by atomic mass is 9.91. The number of hydrazine groups is 1. The van der Waals surface area contributed by atoms with E-state index in [1.165, 1.54) is 0 Å². The van der Waals surface area contributed by atoms with Crippen LogP contribution in [0, 0.1) is 5.92 Å². The van der Waals surface area contributed by atoms with E-state index in [1.807, 2.05) is 56.3 Å². The third-order valence-electron chi connectivity index (χ3n) is 4.47. The molecular formula is C20H24N4O2. The maximum atomic E-state index is 12.4. The van der Waals surface area contributed by atoms with Gasteiger partial charge in [-0.15, -0.1) is 0 Å². The van der Waals surface area contributed by atoms with Crippen molar-refractivity contribution in [2.45, 2.75) is 25.9 Å². The second kappa shape index (κ2) is 8.60. The number of amides is 1. The maximum absolute atomic E-state index is 12.4. The molecule has 0 bridgehead atoms. The Hall–Kier alpha value is -2.70. The van der Waals surface area contributed by atoms with Gasteiger partial charge in [-0.05, 0) is 42.3 Å². The summed E-state index contributed by atoms with van der Waals surface area (Å²) in [7, 11) is 0. The molecule has 0 spiro atoms. The van der Waals surface area contributed by atoms with Crippen molar-refractivity contribution in [2.75, 3.05) is 6.61 Å². The first-order valence-electron chi connectivity index (χ1n) is 8.81. The van der Waals surface area contributed by atoms with Crippen LogP contribution in [0.15, 0.2) is 59.7 Å². The molecule has 1 amide bonds. The summed E-state index contributed by atoms with van der Waals surface area (Å²) in [5.41, 5.74) is 10.9. The van der Waals surface area contributed by atoms with Crippen molar-refractivity contribution in [3.63, 3.8) is 0 Å². The Morgan fingerprint density at radius 2 is 1.88 bits per heavy atom. The highest BCUT2D eigenvalue weighted by molar-refractivity contribution is 5.85. The Labute approximate surface area is 153 Å². The van der Waals surface area contributed by atoms with Crippen molar-refractivity contribution in [2.24, 2.45) is 11.0 Å². The van der Waals surface area contributed by atoms with Crippen LogP contribution in [0.1, 0.15) is 31.0 Å². The third kappa shape index (κ3) is 4.28. The molecule has 1 aliphatic heterocycles. The van der Waals surface area contributed by atoms with E-state index in [-0.39, 0.29) is 23.9 Å². The largest absolute Gasteiger partial charge is 0.494 e. The predicted molar refractivity (Wildman–Crippen MR) is 102 cm³/mol. The Morgan fingerprint density at radius 3 is 2.58 bits per heavy atom. The first-order valence-corrected chi connectivity index (χ1v) is 8.81. The number of benzene rings is 2. The lowest BCUT2D eigenvalue weighted by Crippen LogP contribution is -2.43. The van der Waals surface area contributed by atoms with Crippen molar-refractivity contribution in [1.82, 2.24) is 16.3 Å². The zero-order valence-corrected chi connectivity index (χ0v) is 15.0. The Balaban J connectivity index is 1.55. The highest BCUT2D eigenvalue weighted by Gasteiger charge is 2.37. The molecule has 3 rings (SSSR count). The predicted octanol–water partition coefficient (Wildman–Crippen LogP) is 2.39. The van der Waals surface area contributed by atoms with Crippen LogP contribution in [0.25, 0.3) is 0 Å². The first kappa shape index (κ1) is 18.1. The molecular weight excluding hydrogens is 328 g/mol. The number of carbonyl (C=O) groups excluding carboxylic acids is 1. The lowest BCUT2D eigenvalue weighted by molar-refractivity contribution is -0.123. The summed E-state index contributed by atoms with van der Waals surface area (Å²) in [6, 6.07) is 17.4. The van der Waals surface area contributed by atoms with E-state index >= 15 is 0 Å². The number of nitrogens with one attached hydrogen (secondary N) is 3. The Bertz CT molecular complexity index is 746. The number of rotatable bonds is 6. The molecule has 0 radical (unpaired) electrons. The van der Waals surface area contributed by atoms with Gasteiger partial charge in [0, 0.05) is 5.92 Å². The highest BCUT2D eigenvalue weighted by Crippen LogP contribution is 2.28. The van der Waals surface area contributed by atoms with Crippen LogP contribution in [0.3, 0.4) is 0 Å². The minimum absolute atomic E-state index is 0.0852. The Kier molecular flexibility index (Phi) is 5.99. The summed E-state index contributed by atoms with van der Waals surface area (Å²) in [5, 5.41) is 4.06. The SMILES string of the molecule is CCOc1ccc(/C=N/NC(=O)C2NNC(c3ccccc3)C2C)cc1. The van der Waals surface area contributed by atoms with Gasteiger partial charge in [0.05, 0.1) is 18.9 Å². The van der Waals surface area contributed by atoms with E-state index in [0.717, 1.165) is 16.9 Å². The molecule has 1 fully saturated rings. The number of hydrazone groups is 1. The number of hydrogen-bond donors (Lipinski definition) is 3. The van der Waals surface area contributed by atoms with Gasteiger partial charge in [-0.1, -0.05) is 37.3 Å². The van der Waals surface area contributed by atoms with E-state index in [1.54, 1.807) is 6.21 Å². The van der Waals surface area contributed by atoms with Crippen molar-refractivity contribution in [3.8, 4) is 5.75 Å². The molecule has 3 atom stereocenters. The van der Waals surface area contributed by atoms with Crippen molar-refractivity contribution < 1.29 is 9.53 Å². The van der Waals surface area contributed by atoms with Gasteiger partial charge >= 0.3 is 0 Å². The zero-order chi connectivity index (χ0) is 18.4.